The third-order valence-corrected chi connectivity index (χ3v) is 5.40. The van der Waals surface area contributed by atoms with Crippen LogP contribution in [0.4, 0.5) is 11.4 Å². The van der Waals surface area contributed by atoms with E-state index in [0.29, 0.717) is 13.2 Å². The van der Waals surface area contributed by atoms with E-state index in [4.69, 9.17) is 9.47 Å². The first kappa shape index (κ1) is 22.5. The minimum atomic E-state index is -0.0993. The Morgan fingerprint density at radius 2 is 1.68 bits per heavy atom. The molecular formula is C22H27N5O3S. The number of carbonyl (C=O) groups excluding carboxylic acids is 1. The summed E-state index contributed by atoms with van der Waals surface area (Å²) in [6, 6.07) is 15.0. The number of carbonyl (C=O) groups is 1. The molecule has 1 amide bonds. The highest BCUT2D eigenvalue weighted by Gasteiger charge is 2.13. The van der Waals surface area contributed by atoms with Crippen LogP contribution in [0.1, 0.15) is 19.7 Å². The molecule has 0 saturated heterocycles. The Morgan fingerprint density at radius 3 is 2.32 bits per heavy atom. The molecule has 0 spiro atoms. The van der Waals surface area contributed by atoms with Crippen LogP contribution in [0.2, 0.25) is 0 Å². The van der Waals surface area contributed by atoms with Crippen molar-refractivity contribution in [2.75, 3.05) is 30.1 Å². The van der Waals surface area contributed by atoms with Gasteiger partial charge in [0, 0.05) is 17.9 Å². The zero-order valence-electron chi connectivity index (χ0n) is 17.9. The maximum atomic E-state index is 12.3. The number of rotatable bonds is 11. The minimum absolute atomic E-state index is 0.0993. The Kier molecular flexibility index (Phi) is 8.17. The molecule has 0 aliphatic carbocycles. The largest absolute Gasteiger partial charge is 0.497 e. The fraction of sp³-hybridized carbons (Fsp3) is 0.318. The van der Waals surface area contributed by atoms with Crippen molar-refractivity contribution in [2.24, 2.45) is 0 Å². The first-order valence-corrected chi connectivity index (χ1v) is 11.1. The van der Waals surface area contributed by atoms with Gasteiger partial charge in [0.2, 0.25) is 5.91 Å². The number of aromatic nitrogens is 3. The Balaban J connectivity index is 1.52. The van der Waals surface area contributed by atoms with Gasteiger partial charge in [-0.3, -0.25) is 4.79 Å². The second kappa shape index (κ2) is 11.3. The van der Waals surface area contributed by atoms with Gasteiger partial charge in [0.25, 0.3) is 0 Å². The van der Waals surface area contributed by atoms with Crippen LogP contribution < -0.4 is 20.1 Å². The molecule has 0 bridgehead atoms. The number of amides is 1. The van der Waals surface area contributed by atoms with Crippen LogP contribution in [0.25, 0.3) is 0 Å². The lowest BCUT2D eigenvalue weighted by molar-refractivity contribution is -0.113. The van der Waals surface area contributed by atoms with E-state index in [0.717, 1.165) is 40.4 Å². The fourth-order valence-electron chi connectivity index (χ4n) is 2.89. The van der Waals surface area contributed by atoms with E-state index in [2.05, 4.69) is 20.8 Å². The zero-order valence-corrected chi connectivity index (χ0v) is 18.7. The molecule has 3 aromatic rings. The number of nitrogens with one attached hydrogen (secondary N) is 2. The SMILES string of the molecule is CCOc1ccc(NC(=O)CSc2nnc(CNc3ccc(OC)cc3)n2CC)cc1. The average molecular weight is 442 g/mol. The van der Waals surface area contributed by atoms with E-state index in [-0.39, 0.29) is 11.7 Å². The summed E-state index contributed by atoms with van der Waals surface area (Å²) in [4.78, 5) is 12.3. The van der Waals surface area contributed by atoms with Gasteiger partial charge in [-0.05, 0) is 62.4 Å². The van der Waals surface area contributed by atoms with Crippen molar-refractivity contribution < 1.29 is 14.3 Å². The predicted molar refractivity (Wildman–Crippen MR) is 123 cm³/mol. The van der Waals surface area contributed by atoms with E-state index in [9.17, 15) is 4.79 Å². The summed E-state index contributed by atoms with van der Waals surface area (Å²) in [5, 5.41) is 15.5. The van der Waals surface area contributed by atoms with Gasteiger partial charge in [0.1, 0.15) is 11.5 Å². The van der Waals surface area contributed by atoms with Crippen molar-refractivity contribution in [1.29, 1.82) is 0 Å². The number of hydrogen-bond donors (Lipinski definition) is 2. The fourth-order valence-corrected chi connectivity index (χ4v) is 3.71. The average Bonchev–Trinajstić information content (AvgIpc) is 3.20. The van der Waals surface area contributed by atoms with Crippen LogP contribution in [-0.4, -0.2) is 40.1 Å². The molecule has 0 saturated carbocycles. The van der Waals surface area contributed by atoms with Crippen LogP contribution in [0, 0.1) is 0 Å². The molecule has 0 aliphatic heterocycles. The Morgan fingerprint density at radius 1 is 1.00 bits per heavy atom. The van der Waals surface area contributed by atoms with E-state index >= 15 is 0 Å². The van der Waals surface area contributed by atoms with Crippen LogP contribution in [0.5, 0.6) is 11.5 Å². The second-order valence-electron chi connectivity index (χ2n) is 6.52. The van der Waals surface area contributed by atoms with Crippen LogP contribution in [0.3, 0.4) is 0 Å². The lowest BCUT2D eigenvalue weighted by Crippen LogP contribution is -2.15. The lowest BCUT2D eigenvalue weighted by atomic mass is 10.3. The lowest BCUT2D eigenvalue weighted by Gasteiger charge is -2.10. The monoisotopic (exact) mass is 441 g/mol. The molecular weight excluding hydrogens is 414 g/mol. The molecule has 0 atom stereocenters. The molecule has 0 unspecified atom stereocenters. The summed E-state index contributed by atoms with van der Waals surface area (Å²) < 4.78 is 12.6. The number of methoxy groups -OCH3 is 1. The van der Waals surface area contributed by atoms with Gasteiger partial charge in [-0.25, -0.2) is 0 Å². The summed E-state index contributed by atoms with van der Waals surface area (Å²) in [6.45, 7) is 5.83. The molecule has 164 valence electrons. The zero-order chi connectivity index (χ0) is 22.1. The highest BCUT2D eigenvalue weighted by Crippen LogP contribution is 2.20. The van der Waals surface area contributed by atoms with E-state index in [1.807, 2.05) is 66.9 Å². The summed E-state index contributed by atoms with van der Waals surface area (Å²) >= 11 is 1.37. The Hall–Kier alpha value is -3.20. The smallest absolute Gasteiger partial charge is 0.234 e. The van der Waals surface area contributed by atoms with Gasteiger partial charge < -0.3 is 24.7 Å². The van der Waals surface area contributed by atoms with Gasteiger partial charge in [0.05, 0.1) is 26.0 Å². The van der Waals surface area contributed by atoms with Crippen LogP contribution in [-0.2, 0) is 17.9 Å². The molecule has 2 aromatic carbocycles. The normalized spacial score (nSPS) is 10.5. The topological polar surface area (TPSA) is 90.3 Å². The number of hydrogen-bond acceptors (Lipinski definition) is 7. The molecule has 1 aromatic heterocycles. The number of thioether (sulfide) groups is 1. The van der Waals surface area contributed by atoms with E-state index in [1.54, 1.807) is 7.11 Å². The number of benzene rings is 2. The molecule has 1 heterocycles. The van der Waals surface area contributed by atoms with Crippen molar-refractivity contribution in [3.05, 3.63) is 54.4 Å². The van der Waals surface area contributed by atoms with Gasteiger partial charge >= 0.3 is 0 Å². The first-order chi connectivity index (χ1) is 15.1. The van der Waals surface area contributed by atoms with Crippen molar-refractivity contribution in [1.82, 2.24) is 14.8 Å². The number of anilines is 2. The molecule has 3 rings (SSSR count). The summed E-state index contributed by atoms with van der Waals surface area (Å²) in [5.41, 5.74) is 1.70. The van der Waals surface area contributed by atoms with Crippen molar-refractivity contribution in [2.45, 2.75) is 32.1 Å². The third-order valence-electron chi connectivity index (χ3n) is 4.43. The second-order valence-corrected chi connectivity index (χ2v) is 7.46. The van der Waals surface area contributed by atoms with Crippen molar-refractivity contribution in [3.8, 4) is 11.5 Å². The number of nitrogens with zero attached hydrogens (tertiary/aromatic N) is 3. The molecule has 0 fully saturated rings. The summed E-state index contributed by atoms with van der Waals surface area (Å²) in [5.74, 6) is 2.55. The first-order valence-electron chi connectivity index (χ1n) is 10.1. The standard InChI is InChI=1S/C22H27N5O3S/c1-4-27-20(14-23-16-6-10-18(29-3)11-7-16)25-26-22(27)31-15-21(28)24-17-8-12-19(13-9-17)30-5-2/h6-13,23H,4-5,14-15H2,1-3H3,(H,24,28). The maximum Gasteiger partial charge on any atom is 0.234 e. The van der Waals surface area contributed by atoms with Gasteiger partial charge in [-0.2, -0.15) is 0 Å². The maximum absolute atomic E-state index is 12.3. The summed E-state index contributed by atoms with van der Waals surface area (Å²) in [7, 11) is 1.64. The molecule has 2 N–H and O–H groups in total. The quantitative estimate of drug-likeness (QED) is 0.434. The van der Waals surface area contributed by atoms with Gasteiger partial charge in [0.15, 0.2) is 11.0 Å². The molecule has 9 heteroatoms. The third kappa shape index (κ3) is 6.39. The Labute approximate surface area is 186 Å². The highest BCUT2D eigenvalue weighted by atomic mass is 32.2. The number of ether oxygens (including phenoxy) is 2. The van der Waals surface area contributed by atoms with E-state index in [1.165, 1.54) is 11.8 Å². The molecule has 0 radical (unpaired) electrons. The summed E-state index contributed by atoms with van der Waals surface area (Å²) in [6.07, 6.45) is 0. The molecule has 31 heavy (non-hydrogen) atoms. The van der Waals surface area contributed by atoms with Crippen LogP contribution in [0.15, 0.2) is 53.7 Å². The molecule has 0 aliphatic rings. The van der Waals surface area contributed by atoms with Gasteiger partial charge in [-0.1, -0.05) is 11.8 Å². The highest BCUT2D eigenvalue weighted by molar-refractivity contribution is 7.99. The van der Waals surface area contributed by atoms with E-state index < -0.39 is 0 Å². The predicted octanol–water partition coefficient (Wildman–Crippen LogP) is 4.05. The molecule has 8 nitrogen and oxygen atoms in total. The van der Waals surface area contributed by atoms with Gasteiger partial charge in [-0.15, -0.1) is 10.2 Å². The minimum Gasteiger partial charge on any atom is -0.497 e. The van der Waals surface area contributed by atoms with Crippen molar-refractivity contribution in [3.63, 3.8) is 0 Å². The Bertz CT molecular complexity index is 974. The van der Waals surface area contributed by atoms with Crippen molar-refractivity contribution >= 4 is 29.0 Å². The van der Waals surface area contributed by atoms with Crippen LogP contribution >= 0.6 is 11.8 Å².